The molecule has 0 spiro atoms. The molecule has 0 amide bonds. The maximum absolute atomic E-state index is 11.7. The lowest BCUT2D eigenvalue weighted by atomic mass is 10.1. The monoisotopic (exact) mass is 302 g/mol. The van der Waals surface area contributed by atoms with Crippen molar-refractivity contribution in [2.45, 2.75) is 6.18 Å². The molecule has 112 valence electrons. The third-order valence-electron chi connectivity index (χ3n) is 2.70. The predicted octanol–water partition coefficient (Wildman–Crippen LogP) is 4.85. The fourth-order valence-electron chi connectivity index (χ4n) is 1.71. The van der Waals surface area contributed by atoms with Crippen LogP contribution in [0.4, 0.5) is 13.2 Å². The summed E-state index contributed by atoms with van der Waals surface area (Å²) in [5.41, 5.74) is 2.55. The molecule has 0 bridgehead atoms. The summed E-state index contributed by atoms with van der Waals surface area (Å²) in [6, 6.07) is 22.1. The van der Waals surface area contributed by atoms with Gasteiger partial charge in [-0.25, -0.2) is 9.97 Å². The first-order valence-corrected chi connectivity index (χ1v) is 6.52. The topological polar surface area (TPSA) is 25.8 Å². The highest BCUT2D eigenvalue weighted by Gasteiger charge is 2.33. The molecule has 3 rings (SSSR count). The highest BCUT2D eigenvalue weighted by Crippen LogP contribution is 2.24. The molecule has 0 unspecified atom stereocenters. The normalized spacial score (nSPS) is 10.5. The molecule has 1 aromatic heterocycles. The number of nitrogens with zero attached hydrogens (tertiary/aromatic N) is 2. The zero-order valence-corrected chi connectivity index (χ0v) is 11.5. The molecule has 3 aromatic rings. The molecule has 0 saturated heterocycles. The van der Waals surface area contributed by atoms with Crippen LogP contribution in [-0.4, -0.2) is 9.97 Å². The van der Waals surface area contributed by atoms with Crippen molar-refractivity contribution in [3.8, 4) is 11.1 Å². The second kappa shape index (κ2) is 7.36. The van der Waals surface area contributed by atoms with Crippen LogP contribution in [-0.2, 0) is 6.18 Å². The lowest BCUT2D eigenvalue weighted by Crippen LogP contribution is -2.09. The van der Waals surface area contributed by atoms with Crippen LogP contribution < -0.4 is 0 Å². The fourth-order valence-corrected chi connectivity index (χ4v) is 1.71. The van der Waals surface area contributed by atoms with Gasteiger partial charge in [-0.2, -0.15) is 13.2 Å². The largest absolute Gasteiger partial charge is 0.451 e. The third kappa shape index (κ3) is 4.70. The van der Waals surface area contributed by atoms with E-state index in [1.807, 2.05) is 12.1 Å². The van der Waals surface area contributed by atoms with Crippen LogP contribution in [0.15, 0.2) is 79.1 Å². The number of hydrogen-bond donors (Lipinski definition) is 0. The smallest absolute Gasteiger partial charge is 0.233 e. The standard InChI is InChI=1S/C12H10.C5H3F3N2/c1-3-7-11(8-4-1)12-9-5-2-6-10-12;6-5(7,8)4-9-2-1-3-10-4/h1-10H;1-3H. The van der Waals surface area contributed by atoms with Gasteiger partial charge in [0.05, 0.1) is 0 Å². The second-order valence-electron chi connectivity index (χ2n) is 4.30. The molecule has 5 heteroatoms. The van der Waals surface area contributed by atoms with Crippen molar-refractivity contribution in [3.05, 3.63) is 84.9 Å². The first-order valence-electron chi connectivity index (χ1n) is 6.52. The van der Waals surface area contributed by atoms with Crippen molar-refractivity contribution in [2.24, 2.45) is 0 Å². The van der Waals surface area contributed by atoms with Crippen LogP contribution in [0.3, 0.4) is 0 Å². The van der Waals surface area contributed by atoms with Gasteiger partial charge in [-0.3, -0.25) is 0 Å². The zero-order chi connectivity index (χ0) is 15.8. The lowest BCUT2D eigenvalue weighted by molar-refractivity contribution is -0.145. The van der Waals surface area contributed by atoms with Gasteiger partial charge < -0.3 is 0 Å². The van der Waals surface area contributed by atoms with Gasteiger partial charge in [0.15, 0.2) is 0 Å². The highest BCUT2D eigenvalue weighted by molar-refractivity contribution is 5.62. The van der Waals surface area contributed by atoms with Gasteiger partial charge in [-0.1, -0.05) is 60.7 Å². The molecular formula is C17H13F3N2. The summed E-state index contributed by atoms with van der Waals surface area (Å²) in [6.07, 6.45) is -2.33. The summed E-state index contributed by atoms with van der Waals surface area (Å²) in [7, 11) is 0. The van der Waals surface area contributed by atoms with Crippen LogP contribution in [0, 0.1) is 0 Å². The minimum Gasteiger partial charge on any atom is -0.233 e. The van der Waals surface area contributed by atoms with E-state index < -0.39 is 12.0 Å². The Kier molecular flexibility index (Phi) is 5.25. The van der Waals surface area contributed by atoms with Gasteiger partial charge >= 0.3 is 6.18 Å². The molecule has 0 aliphatic rings. The van der Waals surface area contributed by atoms with Crippen molar-refractivity contribution in [2.75, 3.05) is 0 Å². The van der Waals surface area contributed by atoms with Crippen LogP contribution >= 0.6 is 0 Å². The summed E-state index contributed by atoms with van der Waals surface area (Å²) in [5.74, 6) is -1.10. The highest BCUT2D eigenvalue weighted by atomic mass is 19.4. The van der Waals surface area contributed by atoms with Gasteiger partial charge in [0.25, 0.3) is 0 Å². The Bertz CT molecular complexity index is 631. The first-order chi connectivity index (χ1) is 10.6. The molecule has 0 atom stereocenters. The predicted molar refractivity (Wildman–Crippen MR) is 78.9 cm³/mol. The van der Waals surface area contributed by atoms with Crippen molar-refractivity contribution in [1.82, 2.24) is 9.97 Å². The summed E-state index contributed by atoms with van der Waals surface area (Å²) in [5, 5.41) is 0. The average Bonchev–Trinajstić information content (AvgIpc) is 2.57. The molecular weight excluding hydrogens is 289 g/mol. The van der Waals surface area contributed by atoms with Crippen molar-refractivity contribution in [3.63, 3.8) is 0 Å². The second-order valence-corrected chi connectivity index (χ2v) is 4.30. The van der Waals surface area contributed by atoms with E-state index in [2.05, 4.69) is 58.5 Å². The van der Waals surface area contributed by atoms with E-state index in [0.717, 1.165) is 12.4 Å². The number of halogens is 3. The van der Waals surface area contributed by atoms with Crippen LogP contribution in [0.25, 0.3) is 11.1 Å². The Morgan fingerprint density at radius 3 is 1.32 bits per heavy atom. The maximum atomic E-state index is 11.7. The summed E-state index contributed by atoms with van der Waals surface area (Å²) in [4.78, 5) is 6.03. The first kappa shape index (κ1) is 15.7. The Balaban J connectivity index is 0.000000164. The van der Waals surface area contributed by atoms with Crippen molar-refractivity contribution in [1.29, 1.82) is 0 Å². The molecule has 22 heavy (non-hydrogen) atoms. The van der Waals surface area contributed by atoms with Gasteiger partial charge in [-0.05, 0) is 17.2 Å². The Hall–Kier alpha value is -2.69. The Labute approximate surface area is 126 Å². The number of alkyl halides is 3. The van der Waals surface area contributed by atoms with Crippen LogP contribution in [0.1, 0.15) is 5.82 Å². The molecule has 0 saturated carbocycles. The molecule has 2 nitrogen and oxygen atoms in total. The number of hydrogen-bond acceptors (Lipinski definition) is 2. The number of rotatable bonds is 1. The van der Waals surface area contributed by atoms with E-state index in [4.69, 9.17) is 0 Å². The van der Waals surface area contributed by atoms with E-state index >= 15 is 0 Å². The van der Waals surface area contributed by atoms with Crippen molar-refractivity contribution >= 4 is 0 Å². The molecule has 0 aliphatic carbocycles. The van der Waals surface area contributed by atoms with Crippen LogP contribution in [0.2, 0.25) is 0 Å². The third-order valence-corrected chi connectivity index (χ3v) is 2.70. The summed E-state index contributed by atoms with van der Waals surface area (Å²) in [6.45, 7) is 0. The minimum atomic E-state index is -4.43. The number of aromatic nitrogens is 2. The van der Waals surface area contributed by atoms with Gasteiger partial charge in [0.1, 0.15) is 0 Å². The van der Waals surface area contributed by atoms with Gasteiger partial charge in [-0.15, -0.1) is 0 Å². The Morgan fingerprint density at radius 2 is 1.00 bits per heavy atom. The van der Waals surface area contributed by atoms with E-state index in [0.29, 0.717) is 0 Å². The zero-order valence-electron chi connectivity index (χ0n) is 11.5. The van der Waals surface area contributed by atoms with Crippen LogP contribution in [0.5, 0.6) is 0 Å². The molecule has 0 radical (unpaired) electrons. The molecule has 2 aromatic carbocycles. The molecule has 0 N–H and O–H groups in total. The summed E-state index contributed by atoms with van der Waals surface area (Å²) < 4.78 is 35.0. The molecule has 0 fully saturated rings. The maximum Gasteiger partial charge on any atom is 0.451 e. The lowest BCUT2D eigenvalue weighted by Gasteiger charge is -2.01. The van der Waals surface area contributed by atoms with E-state index in [1.54, 1.807) is 0 Å². The molecule has 1 heterocycles. The SMILES string of the molecule is FC(F)(F)c1ncccn1.c1ccc(-c2ccccc2)cc1. The van der Waals surface area contributed by atoms with Gasteiger partial charge in [0.2, 0.25) is 5.82 Å². The summed E-state index contributed by atoms with van der Waals surface area (Å²) >= 11 is 0. The Morgan fingerprint density at radius 1 is 0.591 bits per heavy atom. The molecule has 0 aliphatic heterocycles. The average molecular weight is 302 g/mol. The van der Waals surface area contributed by atoms with Crippen molar-refractivity contribution < 1.29 is 13.2 Å². The van der Waals surface area contributed by atoms with E-state index in [1.165, 1.54) is 17.2 Å². The van der Waals surface area contributed by atoms with E-state index in [-0.39, 0.29) is 0 Å². The van der Waals surface area contributed by atoms with Gasteiger partial charge in [0, 0.05) is 12.4 Å². The quantitative estimate of drug-likeness (QED) is 0.642. The number of benzene rings is 2. The minimum absolute atomic E-state index is 1.05. The fraction of sp³-hybridized carbons (Fsp3) is 0.0588. The van der Waals surface area contributed by atoms with E-state index in [9.17, 15) is 13.2 Å².